The van der Waals surface area contributed by atoms with Crippen LogP contribution >= 0.6 is 0 Å². The van der Waals surface area contributed by atoms with Crippen LogP contribution in [0.3, 0.4) is 0 Å². The summed E-state index contributed by atoms with van der Waals surface area (Å²) in [4.78, 5) is 14.2. The van der Waals surface area contributed by atoms with E-state index < -0.39 is 0 Å². The molecular formula is C16H21FN2O2. The number of hydrogen-bond acceptors (Lipinski definition) is 3. The molecule has 4 nitrogen and oxygen atoms in total. The van der Waals surface area contributed by atoms with Gasteiger partial charge in [-0.05, 0) is 43.5 Å². The van der Waals surface area contributed by atoms with E-state index in [2.05, 4.69) is 10.2 Å². The van der Waals surface area contributed by atoms with Crippen LogP contribution in [0.25, 0.3) is 0 Å². The standard InChI is InChI=1S/C16H21FN2O2/c17-14-4-2-1-3-12(14)7-10-21-16(20)18-15-11-19-8-5-13(15)6-9-19/h1-4,13,15H,5-11H2,(H,18,20)/t15-/m1/s1. The zero-order chi connectivity index (χ0) is 14.7. The van der Waals surface area contributed by atoms with Crippen molar-refractivity contribution in [3.8, 4) is 0 Å². The van der Waals surface area contributed by atoms with Crippen molar-refractivity contribution in [1.82, 2.24) is 10.2 Å². The first-order valence-electron chi connectivity index (χ1n) is 7.61. The molecule has 0 unspecified atom stereocenters. The van der Waals surface area contributed by atoms with Gasteiger partial charge in [0.15, 0.2) is 0 Å². The lowest BCUT2D eigenvalue weighted by molar-refractivity contribution is 0.0656. The zero-order valence-corrected chi connectivity index (χ0v) is 12.1. The van der Waals surface area contributed by atoms with Crippen molar-refractivity contribution in [3.05, 3.63) is 35.6 Å². The number of halogens is 1. The van der Waals surface area contributed by atoms with E-state index in [0.717, 1.165) is 32.5 Å². The zero-order valence-electron chi connectivity index (χ0n) is 12.1. The van der Waals surface area contributed by atoms with Gasteiger partial charge >= 0.3 is 6.09 Å². The van der Waals surface area contributed by atoms with Crippen LogP contribution in [-0.4, -0.2) is 43.3 Å². The first-order valence-corrected chi connectivity index (χ1v) is 7.61. The van der Waals surface area contributed by atoms with E-state index in [1.54, 1.807) is 18.2 Å². The van der Waals surface area contributed by atoms with Crippen LogP contribution < -0.4 is 5.32 Å². The third-order valence-electron chi connectivity index (χ3n) is 4.52. The summed E-state index contributed by atoms with van der Waals surface area (Å²) in [5.74, 6) is 0.327. The molecule has 3 heterocycles. The Labute approximate surface area is 124 Å². The number of nitrogens with zero attached hydrogens (tertiary/aromatic N) is 1. The van der Waals surface area contributed by atoms with Crippen LogP contribution in [-0.2, 0) is 11.2 Å². The van der Waals surface area contributed by atoms with Crippen LogP contribution in [0.1, 0.15) is 18.4 Å². The van der Waals surface area contributed by atoms with Gasteiger partial charge in [0.05, 0.1) is 6.61 Å². The maximum Gasteiger partial charge on any atom is 0.407 e. The van der Waals surface area contributed by atoms with Gasteiger partial charge in [0, 0.05) is 19.0 Å². The Balaban J connectivity index is 1.42. The second-order valence-corrected chi connectivity index (χ2v) is 5.87. The first-order chi connectivity index (χ1) is 10.2. The number of carbonyl (C=O) groups excluding carboxylic acids is 1. The number of benzene rings is 1. The van der Waals surface area contributed by atoms with E-state index in [0.29, 0.717) is 17.9 Å². The highest BCUT2D eigenvalue weighted by molar-refractivity contribution is 5.67. The average molecular weight is 292 g/mol. The predicted octanol–water partition coefficient (Wildman–Crippen LogP) is 2.19. The molecule has 3 aliphatic heterocycles. The quantitative estimate of drug-likeness (QED) is 0.925. The lowest BCUT2D eigenvalue weighted by Gasteiger charge is -2.44. The number of carbonyl (C=O) groups is 1. The molecule has 0 spiro atoms. The Morgan fingerprint density at radius 3 is 2.76 bits per heavy atom. The summed E-state index contributed by atoms with van der Waals surface area (Å²) in [5.41, 5.74) is 0.577. The van der Waals surface area contributed by atoms with Crippen LogP contribution in [0, 0.1) is 11.7 Å². The lowest BCUT2D eigenvalue weighted by Crippen LogP contribution is -2.57. The van der Waals surface area contributed by atoms with Gasteiger partial charge in [-0.2, -0.15) is 0 Å². The second kappa shape index (κ2) is 6.43. The molecule has 21 heavy (non-hydrogen) atoms. The van der Waals surface area contributed by atoms with E-state index in [4.69, 9.17) is 4.74 Å². The molecule has 0 aromatic heterocycles. The summed E-state index contributed by atoms with van der Waals surface area (Å²) in [7, 11) is 0. The molecule has 0 saturated carbocycles. The molecule has 2 bridgehead atoms. The molecule has 1 aromatic carbocycles. The molecule has 1 amide bonds. The van der Waals surface area contributed by atoms with Gasteiger partial charge < -0.3 is 15.0 Å². The Hall–Kier alpha value is -1.62. The summed E-state index contributed by atoms with van der Waals surface area (Å²) in [5, 5.41) is 2.95. The maximum absolute atomic E-state index is 13.4. The highest BCUT2D eigenvalue weighted by Crippen LogP contribution is 2.27. The third kappa shape index (κ3) is 3.53. The number of piperidine rings is 3. The van der Waals surface area contributed by atoms with Crippen molar-refractivity contribution < 1.29 is 13.9 Å². The largest absolute Gasteiger partial charge is 0.449 e. The highest BCUT2D eigenvalue weighted by Gasteiger charge is 2.35. The number of hydrogen-bond donors (Lipinski definition) is 1. The van der Waals surface area contributed by atoms with Crippen molar-refractivity contribution in [1.29, 1.82) is 0 Å². The van der Waals surface area contributed by atoms with Crippen molar-refractivity contribution in [2.45, 2.75) is 25.3 Å². The Morgan fingerprint density at radius 2 is 2.10 bits per heavy atom. The van der Waals surface area contributed by atoms with Crippen molar-refractivity contribution in [2.75, 3.05) is 26.2 Å². The van der Waals surface area contributed by atoms with Gasteiger partial charge in [-0.25, -0.2) is 9.18 Å². The Kier molecular flexibility index (Phi) is 4.39. The van der Waals surface area contributed by atoms with Crippen LogP contribution in [0.15, 0.2) is 24.3 Å². The molecule has 5 heteroatoms. The fourth-order valence-electron chi connectivity index (χ4n) is 3.28. The van der Waals surface area contributed by atoms with Gasteiger partial charge in [0.2, 0.25) is 0 Å². The van der Waals surface area contributed by atoms with Gasteiger partial charge in [-0.1, -0.05) is 18.2 Å². The number of rotatable bonds is 4. The molecule has 4 rings (SSSR count). The Morgan fingerprint density at radius 1 is 1.33 bits per heavy atom. The number of nitrogens with one attached hydrogen (secondary N) is 1. The summed E-state index contributed by atoms with van der Waals surface area (Å²) in [6, 6.07) is 6.77. The molecule has 3 fully saturated rings. The Bertz CT molecular complexity index is 501. The van der Waals surface area contributed by atoms with Crippen LogP contribution in [0.4, 0.5) is 9.18 Å². The van der Waals surface area contributed by atoms with Crippen LogP contribution in [0.2, 0.25) is 0 Å². The molecule has 1 atom stereocenters. The first kappa shape index (κ1) is 14.3. The topological polar surface area (TPSA) is 41.6 Å². The van der Waals surface area contributed by atoms with Gasteiger partial charge in [-0.15, -0.1) is 0 Å². The minimum absolute atomic E-state index is 0.202. The molecule has 114 valence electrons. The number of amides is 1. The molecule has 1 aromatic rings. The van der Waals surface area contributed by atoms with E-state index in [-0.39, 0.29) is 24.6 Å². The van der Waals surface area contributed by atoms with E-state index in [1.165, 1.54) is 6.07 Å². The third-order valence-corrected chi connectivity index (χ3v) is 4.52. The molecule has 1 N–H and O–H groups in total. The van der Waals surface area contributed by atoms with E-state index in [9.17, 15) is 9.18 Å². The van der Waals surface area contributed by atoms with E-state index >= 15 is 0 Å². The predicted molar refractivity (Wildman–Crippen MR) is 77.5 cm³/mol. The summed E-state index contributed by atoms with van der Waals surface area (Å²) < 4.78 is 18.6. The van der Waals surface area contributed by atoms with Crippen molar-refractivity contribution in [3.63, 3.8) is 0 Å². The van der Waals surface area contributed by atoms with Gasteiger partial charge in [0.1, 0.15) is 5.82 Å². The average Bonchev–Trinajstić information content (AvgIpc) is 2.50. The molecule has 0 aliphatic carbocycles. The summed E-state index contributed by atoms with van der Waals surface area (Å²) in [6.45, 7) is 3.41. The molecule has 0 radical (unpaired) electrons. The molecule has 3 saturated heterocycles. The smallest absolute Gasteiger partial charge is 0.407 e. The second-order valence-electron chi connectivity index (χ2n) is 5.87. The number of ether oxygens (including phenoxy) is 1. The summed E-state index contributed by atoms with van der Waals surface area (Å²) in [6.07, 6.45) is 2.32. The maximum atomic E-state index is 13.4. The molecular weight excluding hydrogens is 271 g/mol. The molecule has 3 aliphatic rings. The monoisotopic (exact) mass is 292 g/mol. The van der Waals surface area contributed by atoms with Crippen molar-refractivity contribution in [2.24, 2.45) is 5.92 Å². The SMILES string of the molecule is O=C(N[C@@H]1CN2CCC1CC2)OCCc1ccccc1F. The minimum atomic E-state index is -0.384. The normalized spacial score (nSPS) is 27.4. The van der Waals surface area contributed by atoms with E-state index in [1.807, 2.05) is 0 Å². The highest BCUT2D eigenvalue weighted by atomic mass is 19.1. The van der Waals surface area contributed by atoms with Gasteiger partial charge in [0.25, 0.3) is 0 Å². The lowest BCUT2D eigenvalue weighted by atomic mass is 9.84. The number of fused-ring (bicyclic) bond motifs is 3. The fraction of sp³-hybridized carbons (Fsp3) is 0.562. The van der Waals surface area contributed by atoms with Crippen molar-refractivity contribution >= 4 is 6.09 Å². The summed E-state index contributed by atoms with van der Waals surface area (Å²) >= 11 is 0. The minimum Gasteiger partial charge on any atom is -0.449 e. The van der Waals surface area contributed by atoms with Gasteiger partial charge in [-0.3, -0.25) is 0 Å². The van der Waals surface area contributed by atoms with Crippen LogP contribution in [0.5, 0.6) is 0 Å². The number of alkyl carbamates (subject to hydrolysis) is 1. The fourth-order valence-corrected chi connectivity index (χ4v) is 3.28.